The predicted molar refractivity (Wildman–Crippen MR) is 62.9 cm³/mol. The Morgan fingerprint density at radius 1 is 1.07 bits per heavy atom. The summed E-state index contributed by atoms with van der Waals surface area (Å²) >= 11 is 5.87. The van der Waals surface area contributed by atoms with Crippen molar-refractivity contribution in [2.75, 3.05) is 0 Å². The quantitative estimate of drug-likeness (QED) is 0.557. The first-order valence-electron chi connectivity index (χ1n) is 4.56. The number of benzene rings is 1. The van der Waals surface area contributed by atoms with Gasteiger partial charge in [-0.2, -0.15) is 0 Å². The Kier molecular flexibility index (Phi) is 3.10. The maximum Gasteiger partial charge on any atom is 0.154 e. The normalized spacial score (nSPS) is 10.7. The van der Waals surface area contributed by atoms with E-state index in [-0.39, 0.29) is 0 Å². The molecule has 0 saturated carbocycles. The van der Waals surface area contributed by atoms with Crippen molar-refractivity contribution in [3.8, 4) is 0 Å². The first-order chi connectivity index (χ1) is 7.36. The van der Waals surface area contributed by atoms with Gasteiger partial charge in [-0.25, -0.2) is 4.98 Å². The molecule has 0 spiro atoms. The van der Waals surface area contributed by atoms with Crippen molar-refractivity contribution in [3.63, 3.8) is 0 Å². The first kappa shape index (κ1) is 9.87. The second-order valence-electron chi connectivity index (χ2n) is 2.98. The summed E-state index contributed by atoms with van der Waals surface area (Å²) in [5.41, 5.74) is 1.72. The number of aromatic nitrogens is 1. The predicted octanol–water partition coefficient (Wildman–Crippen LogP) is 3.49. The molecule has 2 rings (SSSR count). The molecule has 0 atom stereocenters. The van der Waals surface area contributed by atoms with E-state index in [0.29, 0.717) is 10.8 Å². The lowest BCUT2D eigenvalue weighted by molar-refractivity contribution is 1.31. The fourth-order valence-corrected chi connectivity index (χ4v) is 1.33. The highest BCUT2D eigenvalue weighted by atomic mass is 35.5. The third kappa shape index (κ3) is 2.64. The monoisotopic (exact) mass is 216 g/mol. The van der Waals surface area contributed by atoms with E-state index in [2.05, 4.69) is 9.98 Å². The minimum Gasteiger partial charge on any atom is -0.253 e. The highest BCUT2D eigenvalue weighted by Gasteiger charge is 1.95. The van der Waals surface area contributed by atoms with E-state index in [9.17, 15) is 0 Å². The molecule has 0 aliphatic carbocycles. The Balaban J connectivity index is 2.23. The zero-order chi connectivity index (χ0) is 10.5. The Labute approximate surface area is 93.3 Å². The maximum atomic E-state index is 5.87. The summed E-state index contributed by atoms with van der Waals surface area (Å²) in [6.07, 6.45) is 3.41. The number of nitrogens with zero attached hydrogens (tertiary/aromatic N) is 2. The minimum absolute atomic E-state index is 0.421. The Hall–Kier alpha value is -1.67. The van der Waals surface area contributed by atoms with E-state index in [1.807, 2.05) is 42.5 Å². The van der Waals surface area contributed by atoms with Gasteiger partial charge in [0.15, 0.2) is 5.15 Å². The number of aliphatic imine (C=N–C) groups is 1. The second-order valence-corrected chi connectivity index (χ2v) is 3.34. The van der Waals surface area contributed by atoms with Gasteiger partial charge in [0.25, 0.3) is 0 Å². The van der Waals surface area contributed by atoms with Gasteiger partial charge in [0.2, 0.25) is 0 Å². The van der Waals surface area contributed by atoms with Crippen LogP contribution in [0.25, 0.3) is 0 Å². The second kappa shape index (κ2) is 4.71. The summed E-state index contributed by atoms with van der Waals surface area (Å²) in [5, 5.41) is 0.421. The van der Waals surface area contributed by atoms with Crippen LogP contribution in [0.3, 0.4) is 0 Å². The summed E-state index contributed by atoms with van der Waals surface area (Å²) in [7, 11) is 0. The SMILES string of the molecule is Clc1ncccc1/N=C/c1ccccc1. The van der Waals surface area contributed by atoms with Crippen molar-refractivity contribution in [1.82, 2.24) is 4.98 Å². The van der Waals surface area contributed by atoms with Gasteiger partial charge in [-0.1, -0.05) is 41.9 Å². The van der Waals surface area contributed by atoms with Gasteiger partial charge >= 0.3 is 0 Å². The number of pyridine rings is 1. The molecule has 0 radical (unpaired) electrons. The van der Waals surface area contributed by atoms with Gasteiger partial charge in [0, 0.05) is 12.4 Å². The van der Waals surface area contributed by atoms with Crippen LogP contribution < -0.4 is 0 Å². The van der Waals surface area contributed by atoms with Crippen LogP contribution >= 0.6 is 11.6 Å². The van der Waals surface area contributed by atoms with Crippen molar-refractivity contribution in [3.05, 3.63) is 59.4 Å². The third-order valence-electron chi connectivity index (χ3n) is 1.89. The summed E-state index contributed by atoms with van der Waals surface area (Å²) in [6.45, 7) is 0. The Morgan fingerprint density at radius 3 is 2.60 bits per heavy atom. The lowest BCUT2D eigenvalue weighted by Crippen LogP contribution is -1.79. The zero-order valence-electron chi connectivity index (χ0n) is 7.97. The molecule has 2 aromatic rings. The molecule has 0 N–H and O–H groups in total. The van der Waals surface area contributed by atoms with E-state index in [1.54, 1.807) is 12.4 Å². The minimum atomic E-state index is 0.421. The molecule has 0 fully saturated rings. The van der Waals surface area contributed by atoms with E-state index >= 15 is 0 Å². The van der Waals surface area contributed by atoms with E-state index in [0.717, 1.165) is 5.56 Å². The molecule has 74 valence electrons. The van der Waals surface area contributed by atoms with E-state index in [1.165, 1.54) is 0 Å². The first-order valence-corrected chi connectivity index (χ1v) is 4.94. The van der Waals surface area contributed by atoms with Gasteiger partial charge in [0.05, 0.1) is 0 Å². The summed E-state index contributed by atoms with van der Waals surface area (Å²) < 4.78 is 0. The molecule has 3 heteroatoms. The van der Waals surface area contributed by atoms with Crippen molar-refractivity contribution < 1.29 is 0 Å². The van der Waals surface area contributed by atoms with Gasteiger partial charge in [-0.3, -0.25) is 4.99 Å². The van der Waals surface area contributed by atoms with Gasteiger partial charge in [0.1, 0.15) is 5.69 Å². The molecule has 0 saturated heterocycles. The molecule has 1 aromatic heterocycles. The van der Waals surface area contributed by atoms with Crippen molar-refractivity contribution in [2.45, 2.75) is 0 Å². The van der Waals surface area contributed by atoms with Crippen LogP contribution in [0.4, 0.5) is 5.69 Å². The fourth-order valence-electron chi connectivity index (χ4n) is 1.16. The largest absolute Gasteiger partial charge is 0.253 e. The maximum absolute atomic E-state index is 5.87. The molecular weight excluding hydrogens is 208 g/mol. The third-order valence-corrected chi connectivity index (χ3v) is 2.18. The standard InChI is InChI=1S/C12H9ClN2/c13-12-11(7-4-8-14-12)15-9-10-5-2-1-3-6-10/h1-9H/b15-9+. The molecule has 0 bridgehead atoms. The molecule has 2 nitrogen and oxygen atoms in total. The summed E-state index contributed by atoms with van der Waals surface area (Å²) in [4.78, 5) is 8.20. The van der Waals surface area contributed by atoms with Crippen molar-refractivity contribution >= 4 is 23.5 Å². The fraction of sp³-hybridized carbons (Fsp3) is 0. The molecule has 1 aromatic carbocycles. The molecule has 0 unspecified atom stereocenters. The van der Waals surface area contributed by atoms with Crippen LogP contribution in [-0.4, -0.2) is 11.2 Å². The number of halogens is 1. The lowest BCUT2D eigenvalue weighted by atomic mass is 10.2. The molecular formula is C12H9ClN2. The summed E-state index contributed by atoms with van der Waals surface area (Å²) in [6, 6.07) is 13.5. The average Bonchev–Trinajstić information content (AvgIpc) is 2.29. The van der Waals surface area contributed by atoms with Gasteiger partial charge < -0.3 is 0 Å². The van der Waals surface area contributed by atoms with E-state index < -0.39 is 0 Å². The Bertz CT molecular complexity index is 466. The number of hydrogen-bond acceptors (Lipinski definition) is 2. The average molecular weight is 217 g/mol. The van der Waals surface area contributed by atoms with E-state index in [4.69, 9.17) is 11.6 Å². The van der Waals surface area contributed by atoms with Crippen molar-refractivity contribution in [1.29, 1.82) is 0 Å². The topological polar surface area (TPSA) is 25.2 Å². The van der Waals surface area contributed by atoms with Crippen LogP contribution in [0.2, 0.25) is 5.15 Å². The summed E-state index contributed by atoms with van der Waals surface area (Å²) in [5.74, 6) is 0. The molecule has 0 aliphatic heterocycles. The zero-order valence-corrected chi connectivity index (χ0v) is 8.72. The highest BCUT2D eigenvalue weighted by molar-refractivity contribution is 6.31. The lowest BCUT2D eigenvalue weighted by Gasteiger charge is -1.95. The molecule has 1 heterocycles. The highest BCUT2D eigenvalue weighted by Crippen LogP contribution is 2.20. The Morgan fingerprint density at radius 2 is 1.87 bits per heavy atom. The van der Waals surface area contributed by atoms with Gasteiger partial charge in [-0.05, 0) is 17.7 Å². The molecule has 15 heavy (non-hydrogen) atoms. The molecule has 0 amide bonds. The number of rotatable bonds is 2. The van der Waals surface area contributed by atoms with Crippen LogP contribution in [0, 0.1) is 0 Å². The molecule has 0 aliphatic rings. The van der Waals surface area contributed by atoms with Crippen LogP contribution in [0.1, 0.15) is 5.56 Å². The number of hydrogen-bond donors (Lipinski definition) is 0. The van der Waals surface area contributed by atoms with Crippen LogP contribution in [-0.2, 0) is 0 Å². The van der Waals surface area contributed by atoms with Crippen molar-refractivity contribution in [2.24, 2.45) is 4.99 Å². The van der Waals surface area contributed by atoms with Crippen LogP contribution in [0.5, 0.6) is 0 Å². The van der Waals surface area contributed by atoms with Crippen LogP contribution in [0.15, 0.2) is 53.7 Å². The smallest absolute Gasteiger partial charge is 0.154 e. The van der Waals surface area contributed by atoms with Gasteiger partial charge in [-0.15, -0.1) is 0 Å².